The Morgan fingerprint density at radius 1 is 1.26 bits per heavy atom. The van der Waals surface area contributed by atoms with E-state index in [1.54, 1.807) is 17.0 Å². The predicted octanol–water partition coefficient (Wildman–Crippen LogP) is 3.83. The fraction of sp³-hybridized carbons (Fsp3) is 0.529. The van der Waals surface area contributed by atoms with Crippen molar-refractivity contribution in [2.45, 2.75) is 39.2 Å². The molecule has 1 aromatic carbocycles. The fourth-order valence-electron chi connectivity index (χ4n) is 3.06. The van der Waals surface area contributed by atoms with Crippen molar-refractivity contribution in [3.05, 3.63) is 34.1 Å². The number of aliphatic carboxylic acids is 1. The van der Waals surface area contributed by atoms with Crippen LogP contribution in [-0.2, 0) is 16.1 Å². The lowest BCUT2D eigenvalue weighted by Crippen LogP contribution is -2.38. The molecule has 1 N–H and O–H groups in total. The Kier molecular flexibility index (Phi) is 6.16. The maximum atomic E-state index is 13.9. The topological polar surface area (TPSA) is 57.6 Å². The molecule has 126 valence electrons. The third-order valence-electron chi connectivity index (χ3n) is 4.49. The van der Waals surface area contributed by atoms with Crippen LogP contribution in [0.3, 0.4) is 0 Å². The molecular formula is C17H21BrFNO3. The van der Waals surface area contributed by atoms with E-state index in [0.717, 1.165) is 4.47 Å². The summed E-state index contributed by atoms with van der Waals surface area (Å²) in [6.07, 6.45) is 2.25. The van der Waals surface area contributed by atoms with Crippen molar-refractivity contribution < 1.29 is 19.1 Å². The third-order valence-corrected chi connectivity index (χ3v) is 4.98. The van der Waals surface area contributed by atoms with E-state index in [-0.39, 0.29) is 30.1 Å². The number of carbonyl (C=O) groups is 2. The molecule has 1 aliphatic rings. The van der Waals surface area contributed by atoms with Crippen molar-refractivity contribution in [1.82, 2.24) is 4.90 Å². The number of benzene rings is 1. The first-order valence-electron chi connectivity index (χ1n) is 7.87. The second-order valence-corrected chi connectivity index (χ2v) is 6.89. The van der Waals surface area contributed by atoms with Gasteiger partial charge in [0.05, 0.1) is 5.92 Å². The van der Waals surface area contributed by atoms with Crippen LogP contribution in [0.1, 0.15) is 38.2 Å². The monoisotopic (exact) mass is 385 g/mol. The Bertz CT molecular complexity index is 585. The molecule has 4 nitrogen and oxygen atoms in total. The second-order valence-electron chi connectivity index (χ2n) is 5.97. The van der Waals surface area contributed by atoms with Crippen LogP contribution < -0.4 is 0 Å². The molecule has 0 radical (unpaired) electrons. The molecule has 0 aromatic heterocycles. The summed E-state index contributed by atoms with van der Waals surface area (Å²) in [5.74, 6) is -1.60. The number of carboxylic acid groups (broad SMARTS) is 1. The van der Waals surface area contributed by atoms with E-state index in [2.05, 4.69) is 15.9 Å². The molecule has 1 amide bonds. The lowest BCUT2D eigenvalue weighted by atomic mass is 9.81. The standard InChI is InChI=1S/C17H21BrFNO3/c1-2-20(10-13-9-14(18)7-8-15(13)19)16(21)11-3-5-12(6-4-11)17(22)23/h7-9,11-12H,2-6,10H2,1H3,(H,22,23). The molecule has 0 unspecified atom stereocenters. The molecule has 0 saturated heterocycles. The largest absolute Gasteiger partial charge is 0.481 e. The third kappa shape index (κ3) is 4.53. The predicted molar refractivity (Wildman–Crippen MR) is 88.3 cm³/mol. The molecule has 1 aliphatic carbocycles. The van der Waals surface area contributed by atoms with E-state index in [1.165, 1.54) is 6.07 Å². The Morgan fingerprint density at radius 2 is 1.87 bits per heavy atom. The highest BCUT2D eigenvalue weighted by molar-refractivity contribution is 9.10. The van der Waals surface area contributed by atoms with E-state index in [0.29, 0.717) is 37.8 Å². The Hall–Kier alpha value is -1.43. The normalized spacial score (nSPS) is 21.0. The summed E-state index contributed by atoms with van der Waals surface area (Å²) in [5.41, 5.74) is 0.480. The van der Waals surface area contributed by atoms with Gasteiger partial charge in [-0.2, -0.15) is 0 Å². The van der Waals surface area contributed by atoms with Gasteiger partial charge >= 0.3 is 5.97 Å². The zero-order valence-electron chi connectivity index (χ0n) is 13.1. The number of rotatable bonds is 5. The van der Waals surface area contributed by atoms with Crippen LogP contribution in [0.25, 0.3) is 0 Å². The lowest BCUT2D eigenvalue weighted by Gasteiger charge is -2.30. The molecular weight excluding hydrogens is 365 g/mol. The molecule has 1 aromatic rings. The maximum absolute atomic E-state index is 13.9. The average Bonchev–Trinajstić information content (AvgIpc) is 2.55. The highest BCUT2D eigenvalue weighted by Gasteiger charge is 2.31. The van der Waals surface area contributed by atoms with Crippen LogP contribution >= 0.6 is 15.9 Å². The van der Waals surface area contributed by atoms with E-state index in [9.17, 15) is 14.0 Å². The average molecular weight is 386 g/mol. The molecule has 2 rings (SSSR count). The summed E-state index contributed by atoms with van der Waals surface area (Å²) < 4.78 is 14.7. The van der Waals surface area contributed by atoms with Gasteiger partial charge in [0.25, 0.3) is 0 Å². The first-order valence-corrected chi connectivity index (χ1v) is 8.67. The molecule has 6 heteroatoms. The van der Waals surface area contributed by atoms with Gasteiger partial charge in [-0.3, -0.25) is 9.59 Å². The minimum absolute atomic E-state index is 0.00397. The molecule has 1 saturated carbocycles. The zero-order valence-corrected chi connectivity index (χ0v) is 14.7. The van der Waals surface area contributed by atoms with Gasteiger partial charge in [-0.25, -0.2) is 4.39 Å². The highest BCUT2D eigenvalue weighted by Crippen LogP contribution is 2.30. The van der Waals surface area contributed by atoms with Crippen LogP contribution in [0, 0.1) is 17.7 Å². The van der Waals surface area contributed by atoms with Gasteiger partial charge in [0.15, 0.2) is 0 Å². The van der Waals surface area contributed by atoms with Gasteiger partial charge in [0.1, 0.15) is 5.82 Å². The van der Waals surface area contributed by atoms with Crippen LogP contribution in [0.5, 0.6) is 0 Å². The number of carboxylic acids is 1. The smallest absolute Gasteiger partial charge is 0.306 e. The van der Waals surface area contributed by atoms with Crippen molar-refractivity contribution in [1.29, 1.82) is 0 Å². The Labute approximate surface area is 143 Å². The molecule has 23 heavy (non-hydrogen) atoms. The van der Waals surface area contributed by atoms with E-state index >= 15 is 0 Å². The van der Waals surface area contributed by atoms with Crippen LogP contribution in [0.15, 0.2) is 22.7 Å². The Morgan fingerprint density at radius 3 is 2.43 bits per heavy atom. The van der Waals surface area contributed by atoms with Crippen LogP contribution in [0.4, 0.5) is 4.39 Å². The molecule has 1 fully saturated rings. The first-order chi connectivity index (χ1) is 10.9. The highest BCUT2D eigenvalue weighted by atomic mass is 79.9. The summed E-state index contributed by atoms with van der Waals surface area (Å²) in [5, 5.41) is 9.03. The van der Waals surface area contributed by atoms with Gasteiger partial charge in [0.2, 0.25) is 5.91 Å². The van der Waals surface area contributed by atoms with Gasteiger partial charge in [-0.1, -0.05) is 15.9 Å². The van der Waals surface area contributed by atoms with Crippen molar-refractivity contribution >= 4 is 27.8 Å². The van der Waals surface area contributed by atoms with E-state index in [1.807, 2.05) is 6.92 Å². The summed E-state index contributed by atoms with van der Waals surface area (Å²) >= 11 is 3.32. The SMILES string of the molecule is CCN(Cc1cc(Br)ccc1F)C(=O)C1CCC(C(=O)O)CC1. The minimum Gasteiger partial charge on any atom is -0.481 e. The quantitative estimate of drug-likeness (QED) is 0.837. The van der Waals surface area contributed by atoms with Gasteiger partial charge in [0, 0.05) is 29.0 Å². The van der Waals surface area contributed by atoms with Crippen molar-refractivity contribution in [3.63, 3.8) is 0 Å². The van der Waals surface area contributed by atoms with Gasteiger partial charge in [-0.15, -0.1) is 0 Å². The Balaban J connectivity index is 2.02. The summed E-state index contributed by atoms with van der Waals surface area (Å²) in [7, 11) is 0. The molecule has 0 atom stereocenters. The first kappa shape index (κ1) is 17.9. The molecule has 0 aliphatic heterocycles. The second kappa shape index (κ2) is 7.90. The number of nitrogens with zero attached hydrogens (tertiary/aromatic N) is 1. The van der Waals surface area contributed by atoms with Gasteiger partial charge in [-0.05, 0) is 50.8 Å². The fourth-order valence-corrected chi connectivity index (χ4v) is 3.47. The van der Waals surface area contributed by atoms with Crippen molar-refractivity contribution in [3.8, 4) is 0 Å². The van der Waals surface area contributed by atoms with Crippen LogP contribution in [-0.4, -0.2) is 28.4 Å². The number of carbonyl (C=O) groups excluding carboxylic acids is 1. The molecule has 0 spiro atoms. The number of hydrogen-bond donors (Lipinski definition) is 1. The maximum Gasteiger partial charge on any atom is 0.306 e. The summed E-state index contributed by atoms with van der Waals surface area (Å²) in [6.45, 7) is 2.61. The van der Waals surface area contributed by atoms with E-state index < -0.39 is 5.97 Å². The summed E-state index contributed by atoms with van der Waals surface area (Å²) in [6, 6.07) is 4.70. The summed E-state index contributed by atoms with van der Waals surface area (Å²) in [4.78, 5) is 25.3. The molecule has 0 bridgehead atoms. The minimum atomic E-state index is -0.778. The molecule has 0 heterocycles. The lowest BCUT2D eigenvalue weighted by molar-refractivity contribution is -0.145. The van der Waals surface area contributed by atoms with E-state index in [4.69, 9.17) is 5.11 Å². The van der Waals surface area contributed by atoms with Crippen LogP contribution in [0.2, 0.25) is 0 Å². The number of hydrogen-bond acceptors (Lipinski definition) is 2. The zero-order chi connectivity index (χ0) is 17.0. The number of halogens is 2. The number of amides is 1. The van der Waals surface area contributed by atoms with Crippen molar-refractivity contribution in [2.75, 3.05) is 6.54 Å². The van der Waals surface area contributed by atoms with Gasteiger partial charge < -0.3 is 10.0 Å². The van der Waals surface area contributed by atoms with Crippen molar-refractivity contribution in [2.24, 2.45) is 11.8 Å².